The van der Waals surface area contributed by atoms with Crippen LogP contribution in [0.2, 0.25) is 5.02 Å². The average Bonchev–Trinajstić information content (AvgIpc) is 3.14. The number of methoxy groups -OCH3 is 2. The molecular formula is C22H24ClN3O5. The zero-order valence-electron chi connectivity index (χ0n) is 17.8. The first-order chi connectivity index (χ1) is 14.7. The zero-order valence-corrected chi connectivity index (χ0v) is 18.5. The molecule has 0 spiro atoms. The molecule has 1 unspecified atom stereocenters. The van der Waals surface area contributed by atoms with Gasteiger partial charge < -0.3 is 24.6 Å². The molecule has 1 aliphatic rings. The Hall–Kier alpha value is -3.26. The van der Waals surface area contributed by atoms with Crippen LogP contribution in [0.4, 0.5) is 11.4 Å². The normalized spacial score (nSPS) is 15.6. The number of hydrogen-bond acceptors (Lipinski definition) is 5. The van der Waals surface area contributed by atoms with Gasteiger partial charge >= 0.3 is 0 Å². The van der Waals surface area contributed by atoms with Crippen LogP contribution in [0.3, 0.4) is 0 Å². The van der Waals surface area contributed by atoms with Crippen LogP contribution in [0.5, 0.6) is 11.5 Å². The molecule has 0 aliphatic carbocycles. The maximum Gasteiger partial charge on any atom is 0.253 e. The van der Waals surface area contributed by atoms with E-state index in [1.165, 1.54) is 24.0 Å². The quantitative estimate of drug-likeness (QED) is 0.738. The van der Waals surface area contributed by atoms with Crippen LogP contribution in [-0.2, 0) is 9.59 Å². The lowest BCUT2D eigenvalue weighted by Gasteiger charge is -2.21. The highest BCUT2D eigenvalue weighted by molar-refractivity contribution is 6.32. The lowest BCUT2D eigenvalue weighted by Crippen LogP contribution is -2.28. The molecule has 1 N–H and O–H groups in total. The van der Waals surface area contributed by atoms with Gasteiger partial charge in [-0.25, -0.2) is 0 Å². The Morgan fingerprint density at radius 3 is 2.48 bits per heavy atom. The number of nitrogens with one attached hydrogen (secondary N) is 1. The number of rotatable bonds is 6. The van der Waals surface area contributed by atoms with Crippen molar-refractivity contribution in [2.45, 2.75) is 6.42 Å². The molecule has 1 atom stereocenters. The smallest absolute Gasteiger partial charge is 0.253 e. The third kappa shape index (κ3) is 4.74. The fourth-order valence-corrected chi connectivity index (χ4v) is 3.64. The third-order valence-corrected chi connectivity index (χ3v) is 5.32. The Morgan fingerprint density at radius 2 is 1.84 bits per heavy atom. The largest absolute Gasteiger partial charge is 0.495 e. The molecule has 3 amide bonds. The number of ether oxygens (including phenoxy) is 2. The highest BCUT2D eigenvalue weighted by Gasteiger charge is 2.36. The summed E-state index contributed by atoms with van der Waals surface area (Å²) in [7, 11) is 6.29. The van der Waals surface area contributed by atoms with Gasteiger partial charge in [0.1, 0.15) is 11.5 Å². The fourth-order valence-electron chi connectivity index (χ4n) is 3.40. The summed E-state index contributed by atoms with van der Waals surface area (Å²) >= 11 is 6.22. The predicted molar refractivity (Wildman–Crippen MR) is 118 cm³/mol. The number of carbonyl (C=O) groups is 3. The molecule has 3 rings (SSSR count). The van der Waals surface area contributed by atoms with Crippen molar-refractivity contribution in [2.75, 3.05) is 45.1 Å². The topological polar surface area (TPSA) is 88.2 Å². The number of benzene rings is 2. The Kier molecular flexibility index (Phi) is 6.70. The molecule has 2 aromatic rings. The second-order valence-corrected chi connectivity index (χ2v) is 7.74. The van der Waals surface area contributed by atoms with Gasteiger partial charge in [-0.2, -0.15) is 0 Å². The van der Waals surface area contributed by atoms with Gasteiger partial charge in [0.05, 0.1) is 30.8 Å². The van der Waals surface area contributed by atoms with Gasteiger partial charge in [0.2, 0.25) is 11.8 Å². The molecule has 1 saturated heterocycles. The summed E-state index contributed by atoms with van der Waals surface area (Å²) in [5.41, 5.74) is 1.44. The summed E-state index contributed by atoms with van der Waals surface area (Å²) in [4.78, 5) is 40.6. The van der Waals surface area contributed by atoms with E-state index in [0.29, 0.717) is 33.5 Å². The Balaban J connectivity index is 1.76. The number of hydrogen-bond donors (Lipinski definition) is 1. The molecule has 1 fully saturated rings. The van der Waals surface area contributed by atoms with Crippen LogP contribution in [-0.4, -0.2) is 57.5 Å². The first-order valence-corrected chi connectivity index (χ1v) is 9.97. The van der Waals surface area contributed by atoms with Crippen LogP contribution in [0.1, 0.15) is 16.8 Å². The van der Waals surface area contributed by atoms with Crippen LogP contribution >= 0.6 is 11.6 Å². The van der Waals surface area contributed by atoms with E-state index in [1.54, 1.807) is 50.5 Å². The summed E-state index contributed by atoms with van der Waals surface area (Å²) in [6.45, 7) is 0.181. The molecule has 0 radical (unpaired) electrons. The molecule has 164 valence electrons. The van der Waals surface area contributed by atoms with Crippen molar-refractivity contribution in [1.29, 1.82) is 0 Å². The molecule has 9 heteroatoms. The molecule has 31 heavy (non-hydrogen) atoms. The molecule has 0 aromatic heterocycles. The van der Waals surface area contributed by atoms with Gasteiger partial charge in [-0.05, 0) is 24.3 Å². The molecule has 1 aliphatic heterocycles. The van der Waals surface area contributed by atoms with E-state index >= 15 is 0 Å². The van der Waals surface area contributed by atoms with Crippen molar-refractivity contribution in [3.63, 3.8) is 0 Å². The highest BCUT2D eigenvalue weighted by atomic mass is 35.5. The van der Waals surface area contributed by atoms with E-state index in [1.807, 2.05) is 0 Å². The number of carbonyl (C=O) groups excluding carboxylic acids is 3. The number of anilines is 2. The van der Waals surface area contributed by atoms with E-state index in [9.17, 15) is 14.4 Å². The average molecular weight is 446 g/mol. The Morgan fingerprint density at radius 1 is 1.13 bits per heavy atom. The van der Waals surface area contributed by atoms with E-state index in [2.05, 4.69) is 5.32 Å². The summed E-state index contributed by atoms with van der Waals surface area (Å²) in [5.74, 6) is -0.394. The lowest BCUT2D eigenvalue weighted by molar-refractivity contribution is -0.122. The van der Waals surface area contributed by atoms with Gasteiger partial charge in [0.25, 0.3) is 5.91 Å². The highest BCUT2D eigenvalue weighted by Crippen LogP contribution is 2.40. The predicted octanol–water partition coefficient (Wildman–Crippen LogP) is 3.05. The van der Waals surface area contributed by atoms with Gasteiger partial charge in [-0.15, -0.1) is 0 Å². The minimum absolute atomic E-state index is 0.0506. The van der Waals surface area contributed by atoms with Crippen molar-refractivity contribution in [3.8, 4) is 11.5 Å². The molecular weight excluding hydrogens is 422 g/mol. The SMILES string of the molecule is COc1cc(OC)c(N2CC(C(=O)Nc3cccc(C(=O)N(C)C)c3)CC2=O)cc1Cl. The number of nitrogens with zero attached hydrogens (tertiary/aromatic N) is 2. The molecule has 2 aromatic carbocycles. The third-order valence-electron chi connectivity index (χ3n) is 5.02. The lowest BCUT2D eigenvalue weighted by atomic mass is 10.1. The van der Waals surface area contributed by atoms with Crippen LogP contribution in [0, 0.1) is 5.92 Å². The van der Waals surface area contributed by atoms with Gasteiger partial charge in [0, 0.05) is 44.4 Å². The first-order valence-electron chi connectivity index (χ1n) is 9.59. The minimum Gasteiger partial charge on any atom is -0.495 e. The summed E-state index contributed by atoms with van der Waals surface area (Å²) in [6.07, 6.45) is 0.0506. The summed E-state index contributed by atoms with van der Waals surface area (Å²) in [6, 6.07) is 9.88. The monoisotopic (exact) mass is 445 g/mol. The second kappa shape index (κ2) is 9.26. The van der Waals surface area contributed by atoms with Crippen molar-refractivity contribution in [1.82, 2.24) is 4.90 Å². The number of halogens is 1. The van der Waals surface area contributed by atoms with Crippen LogP contribution in [0.15, 0.2) is 36.4 Å². The van der Waals surface area contributed by atoms with Crippen molar-refractivity contribution < 1.29 is 23.9 Å². The van der Waals surface area contributed by atoms with Gasteiger partial charge in [-0.3, -0.25) is 14.4 Å². The summed E-state index contributed by atoms with van der Waals surface area (Å²) in [5, 5.41) is 3.14. The zero-order chi connectivity index (χ0) is 22.7. The van der Waals surface area contributed by atoms with Gasteiger partial charge in [0.15, 0.2) is 0 Å². The molecule has 0 saturated carbocycles. The molecule has 1 heterocycles. The molecule has 8 nitrogen and oxygen atoms in total. The van der Waals surface area contributed by atoms with E-state index < -0.39 is 5.92 Å². The standard InChI is InChI=1S/C22H24ClN3O5/c1-25(2)22(29)13-6-5-7-15(8-13)24-21(28)14-9-20(27)26(12-14)17-10-16(23)18(30-3)11-19(17)31-4/h5-8,10-11,14H,9,12H2,1-4H3,(H,24,28). The Bertz CT molecular complexity index is 1020. The fraction of sp³-hybridized carbons (Fsp3) is 0.318. The number of amides is 3. The maximum atomic E-state index is 12.8. The van der Waals surface area contributed by atoms with E-state index in [0.717, 1.165) is 0 Å². The van der Waals surface area contributed by atoms with Crippen molar-refractivity contribution in [2.24, 2.45) is 5.92 Å². The van der Waals surface area contributed by atoms with Crippen molar-refractivity contribution in [3.05, 3.63) is 47.0 Å². The molecule has 0 bridgehead atoms. The van der Waals surface area contributed by atoms with Gasteiger partial charge in [-0.1, -0.05) is 17.7 Å². The summed E-state index contributed by atoms with van der Waals surface area (Å²) < 4.78 is 10.6. The van der Waals surface area contributed by atoms with E-state index in [-0.39, 0.29) is 30.7 Å². The van der Waals surface area contributed by atoms with E-state index in [4.69, 9.17) is 21.1 Å². The first kappa shape index (κ1) is 22.4. The van der Waals surface area contributed by atoms with Crippen LogP contribution in [0.25, 0.3) is 0 Å². The second-order valence-electron chi connectivity index (χ2n) is 7.33. The van der Waals surface area contributed by atoms with Crippen molar-refractivity contribution >= 4 is 40.7 Å². The maximum absolute atomic E-state index is 12.8. The van der Waals surface area contributed by atoms with Crippen LogP contribution < -0.4 is 19.7 Å². The Labute approximate surface area is 185 Å². The minimum atomic E-state index is -0.564.